The van der Waals surface area contributed by atoms with Crippen molar-refractivity contribution >= 4 is 22.0 Å². The minimum atomic E-state index is -3.69. The first-order valence-electron chi connectivity index (χ1n) is 11.7. The van der Waals surface area contributed by atoms with Crippen molar-refractivity contribution in [1.29, 1.82) is 0 Å². The smallest absolute Gasteiger partial charge is 0.244 e. The second kappa shape index (κ2) is 9.32. The van der Waals surface area contributed by atoms with Crippen molar-refractivity contribution in [1.82, 2.24) is 10.0 Å². The summed E-state index contributed by atoms with van der Waals surface area (Å²) in [7, 11) is -0.925. The molecular weight excluding hydrogens is 460 g/mol. The first-order valence-corrected chi connectivity index (χ1v) is 13.2. The van der Waals surface area contributed by atoms with Crippen LogP contribution in [0.1, 0.15) is 46.1 Å². The van der Waals surface area contributed by atoms with E-state index >= 15 is 0 Å². The number of amides is 1. The van der Waals surface area contributed by atoms with Gasteiger partial charge in [-0.15, -0.1) is 0 Å². The fourth-order valence-electron chi connectivity index (χ4n) is 5.54. The molecule has 0 heterocycles. The number of methoxy groups -OCH3 is 1. The first kappa shape index (κ1) is 23.3. The lowest BCUT2D eigenvalue weighted by Crippen LogP contribution is -2.38. The van der Waals surface area contributed by atoms with Crippen LogP contribution in [0.25, 0.3) is 6.08 Å². The van der Waals surface area contributed by atoms with Crippen molar-refractivity contribution in [3.63, 3.8) is 0 Å². The van der Waals surface area contributed by atoms with Gasteiger partial charge in [-0.1, -0.05) is 54.6 Å². The Morgan fingerprint density at radius 3 is 2.23 bits per heavy atom. The Kier molecular flexibility index (Phi) is 6.21. The number of carbonyl (C=O) groups excluding carboxylic acids is 1. The summed E-state index contributed by atoms with van der Waals surface area (Å²) in [5.74, 6) is 0.982. The number of carbonyl (C=O) groups is 1. The van der Waals surface area contributed by atoms with Crippen LogP contribution in [-0.4, -0.2) is 35.0 Å². The molecular formula is C28H28N2O4S. The summed E-state index contributed by atoms with van der Waals surface area (Å²) in [6, 6.07) is 22.1. The fourth-order valence-corrected chi connectivity index (χ4v) is 6.47. The molecule has 6 rings (SSSR count). The molecule has 3 aliphatic rings. The van der Waals surface area contributed by atoms with Crippen LogP contribution in [-0.2, 0) is 14.8 Å². The zero-order chi connectivity index (χ0) is 24.6. The number of ether oxygens (including phenoxy) is 1. The predicted molar refractivity (Wildman–Crippen MR) is 136 cm³/mol. The molecule has 0 radical (unpaired) electrons. The molecule has 0 aromatic heterocycles. The average molecular weight is 489 g/mol. The lowest BCUT2D eigenvalue weighted by Gasteiger charge is -2.45. The standard InChI is InChI=1S/C28H28N2O4S/c1-29-35(32,33)26-15-18(11-13-25(26)34-2)12-14-27(31)30-17-19-16-24-20-7-3-5-9-22(20)28(19)23-10-6-4-8-21(23)24/h3-15,19,24,28-29H,16-17H2,1-2H3,(H,30,31)/b14-12+. The summed E-state index contributed by atoms with van der Waals surface area (Å²) in [5.41, 5.74) is 6.15. The van der Waals surface area contributed by atoms with Gasteiger partial charge in [0.15, 0.2) is 0 Å². The molecule has 3 aliphatic carbocycles. The summed E-state index contributed by atoms with van der Waals surface area (Å²) in [6.07, 6.45) is 4.06. The van der Waals surface area contributed by atoms with Crippen LogP contribution in [0, 0.1) is 5.92 Å². The van der Waals surface area contributed by atoms with E-state index in [2.05, 4.69) is 58.6 Å². The average Bonchev–Trinajstić information content (AvgIpc) is 2.90. The van der Waals surface area contributed by atoms with E-state index in [0.717, 1.165) is 6.42 Å². The van der Waals surface area contributed by atoms with Gasteiger partial charge in [-0.3, -0.25) is 4.79 Å². The van der Waals surface area contributed by atoms with Gasteiger partial charge in [-0.2, -0.15) is 0 Å². The van der Waals surface area contributed by atoms with Crippen molar-refractivity contribution in [2.24, 2.45) is 5.92 Å². The van der Waals surface area contributed by atoms with Gasteiger partial charge in [0.25, 0.3) is 0 Å². The minimum Gasteiger partial charge on any atom is -0.495 e. The third-order valence-corrected chi connectivity index (χ3v) is 8.57. The predicted octanol–water partition coefficient (Wildman–Crippen LogP) is 4.03. The van der Waals surface area contributed by atoms with Gasteiger partial charge >= 0.3 is 0 Å². The Morgan fingerprint density at radius 2 is 1.63 bits per heavy atom. The highest BCUT2D eigenvalue weighted by molar-refractivity contribution is 7.89. The largest absolute Gasteiger partial charge is 0.495 e. The molecule has 2 N–H and O–H groups in total. The quantitative estimate of drug-likeness (QED) is 0.492. The van der Waals surface area contributed by atoms with Crippen LogP contribution < -0.4 is 14.8 Å². The summed E-state index contributed by atoms with van der Waals surface area (Å²) >= 11 is 0. The van der Waals surface area contributed by atoms with Crippen LogP contribution in [0.3, 0.4) is 0 Å². The number of benzene rings is 3. The third kappa shape index (κ3) is 4.26. The van der Waals surface area contributed by atoms with Crippen LogP contribution in [0.2, 0.25) is 0 Å². The maximum absolute atomic E-state index is 12.7. The van der Waals surface area contributed by atoms with E-state index in [1.165, 1.54) is 48.6 Å². The van der Waals surface area contributed by atoms with Crippen molar-refractivity contribution in [2.45, 2.75) is 23.2 Å². The van der Waals surface area contributed by atoms with E-state index in [-0.39, 0.29) is 22.5 Å². The van der Waals surface area contributed by atoms with Crippen molar-refractivity contribution in [3.8, 4) is 5.75 Å². The first-order chi connectivity index (χ1) is 16.9. The maximum atomic E-state index is 12.7. The van der Waals surface area contributed by atoms with E-state index in [1.54, 1.807) is 18.2 Å². The van der Waals surface area contributed by atoms with Gasteiger partial charge in [0.2, 0.25) is 15.9 Å². The molecule has 7 heteroatoms. The van der Waals surface area contributed by atoms with Crippen LogP contribution in [0.4, 0.5) is 0 Å². The lowest BCUT2D eigenvalue weighted by atomic mass is 9.59. The minimum absolute atomic E-state index is 0.0284. The van der Waals surface area contributed by atoms with E-state index < -0.39 is 10.0 Å². The number of hydrogen-bond donors (Lipinski definition) is 2. The number of fused-ring (bicyclic) bond motifs is 1. The fraction of sp³-hybridized carbons (Fsp3) is 0.250. The van der Waals surface area contributed by atoms with E-state index in [4.69, 9.17) is 4.74 Å². The molecule has 0 saturated carbocycles. The van der Waals surface area contributed by atoms with Gasteiger partial charge in [0, 0.05) is 24.5 Å². The van der Waals surface area contributed by atoms with Gasteiger partial charge < -0.3 is 10.1 Å². The molecule has 2 bridgehead atoms. The molecule has 0 fully saturated rings. The third-order valence-electron chi connectivity index (χ3n) is 7.13. The molecule has 1 unspecified atom stereocenters. The SMILES string of the molecule is CNS(=O)(=O)c1cc(/C=C/C(=O)NCC2CC3c4ccccc4C2c2ccccc23)ccc1OC. The number of rotatable bonds is 7. The van der Waals surface area contributed by atoms with Crippen LogP contribution >= 0.6 is 0 Å². The Labute approximate surface area is 206 Å². The van der Waals surface area contributed by atoms with Crippen LogP contribution in [0.15, 0.2) is 77.7 Å². The zero-order valence-electron chi connectivity index (χ0n) is 19.7. The molecule has 3 aromatic rings. The van der Waals surface area contributed by atoms with Gasteiger partial charge in [-0.25, -0.2) is 13.1 Å². The molecule has 0 saturated heterocycles. The highest BCUT2D eigenvalue weighted by Gasteiger charge is 2.42. The summed E-state index contributed by atoms with van der Waals surface area (Å²) < 4.78 is 32.1. The zero-order valence-corrected chi connectivity index (χ0v) is 20.5. The Balaban J connectivity index is 1.31. The number of sulfonamides is 1. The lowest BCUT2D eigenvalue weighted by molar-refractivity contribution is -0.116. The molecule has 0 spiro atoms. The van der Waals surface area contributed by atoms with E-state index in [1.807, 2.05) is 0 Å². The second-order valence-corrected chi connectivity index (χ2v) is 10.8. The van der Waals surface area contributed by atoms with E-state index in [0.29, 0.717) is 23.9 Å². The van der Waals surface area contributed by atoms with Gasteiger partial charge in [0.05, 0.1) is 7.11 Å². The maximum Gasteiger partial charge on any atom is 0.244 e. The van der Waals surface area contributed by atoms with Crippen molar-refractivity contribution in [2.75, 3.05) is 20.7 Å². The molecule has 1 atom stereocenters. The van der Waals surface area contributed by atoms with Gasteiger partial charge in [0.1, 0.15) is 10.6 Å². The van der Waals surface area contributed by atoms with Crippen LogP contribution in [0.5, 0.6) is 5.75 Å². The normalized spacial score (nSPS) is 20.3. The Hall–Kier alpha value is -3.42. The Morgan fingerprint density at radius 1 is 1.00 bits per heavy atom. The summed E-state index contributed by atoms with van der Waals surface area (Å²) in [6.45, 7) is 0.578. The molecule has 180 valence electrons. The van der Waals surface area contributed by atoms with Crippen molar-refractivity contribution < 1.29 is 17.9 Å². The summed E-state index contributed by atoms with van der Waals surface area (Å²) in [5, 5.41) is 3.07. The highest BCUT2D eigenvalue weighted by Crippen LogP contribution is 2.55. The molecule has 6 nitrogen and oxygen atoms in total. The molecule has 1 amide bonds. The molecule has 0 aliphatic heterocycles. The number of nitrogens with one attached hydrogen (secondary N) is 2. The number of hydrogen-bond acceptors (Lipinski definition) is 4. The van der Waals surface area contributed by atoms with E-state index in [9.17, 15) is 13.2 Å². The summed E-state index contributed by atoms with van der Waals surface area (Å²) in [4.78, 5) is 12.7. The van der Waals surface area contributed by atoms with Crippen molar-refractivity contribution in [3.05, 3.63) is 101 Å². The monoisotopic (exact) mass is 488 g/mol. The molecule has 3 aromatic carbocycles. The van der Waals surface area contributed by atoms with Gasteiger partial charge in [-0.05, 0) is 65.4 Å². The Bertz CT molecular complexity index is 1370. The molecule has 35 heavy (non-hydrogen) atoms. The topological polar surface area (TPSA) is 84.5 Å². The highest BCUT2D eigenvalue weighted by atomic mass is 32.2. The second-order valence-electron chi connectivity index (χ2n) is 8.98.